The molecule has 0 spiro atoms. The van der Waals surface area contributed by atoms with E-state index in [2.05, 4.69) is 0 Å². The second kappa shape index (κ2) is 8.03. The predicted octanol–water partition coefficient (Wildman–Crippen LogP) is 3.65. The summed E-state index contributed by atoms with van der Waals surface area (Å²) in [5, 5.41) is 19.6. The Kier molecular flexibility index (Phi) is 5.59. The molecule has 4 rings (SSSR count). The van der Waals surface area contributed by atoms with Crippen LogP contribution in [0, 0.1) is 5.92 Å². The lowest BCUT2D eigenvalue weighted by molar-refractivity contribution is -0.156. The first-order valence-corrected chi connectivity index (χ1v) is 10.7. The maximum absolute atomic E-state index is 12.2. The highest BCUT2D eigenvalue weighted by Crippen LogP contribution is 2.50. The molecule has 1 amide bonds. The summed E-state index contributed by atoms with van der Waals surface area (Å²) in [6.07, 6.45) is -0.867. The number of carbonyl (C=O) groups excluding carboxylic acids is 1. The molecular formula is C21H16ClNO5S2. The quantitative estimate of drug-likeness (QED) is 0.385. The van der Waals surface area contributed by atoms with Gasteiger partial charge in [0, 0.05) is 5.02 Å². The van der Waals surface area contributed by atoms with Crippen molar-refractivity contribution in [1.82, 2.24) is 4.90 Å². The molecule has 0 saturated carbocycles. The summed E-state index contributed by atoms with van der Waals surface area (Å²) in [4.78, 5) is 25.8. The Morgan fingerprint density at radius 1 is 1.17 bits per heavy atom. The van der Waals surface area contributed by atoms with E-state index < -0.39 is 29.3 Å². The Labute approximate surface area is 187 Å². The maximum atomic E-state index is 12.2. The van der Waals surface area contributed by atoms with Crippen LogP contribution in [-0.2, 0) is 9.59 Å². The lowest BCUT2D eigenvalue weighted by Crippen LogP contribution is -2.60. The van der Waals surface area contributed by atoms with Gasteiger partial charge in [0.05, 0.1) is 16.9 Å². The Morgan fingerprint density at radius 2 is 1.73 bits per heavy atom. The molecule has 9 heteroatoms. The van der Waals surface area contributed by atoms with E-state index in [1.807, 2.05) is 12.1 Å². The van der Waals surface area contributed by atoms with Gasteiger partial charge in [-0.2, -0.15) is 0 Å². The van der Waals surface area contributed by atoms with Gasteiger partial charge in [-0.3, -0.25) is 9.69 Å². The van der Waals surface area contributed by atoms with Crippen LogP contribution < -0.4 is 4.74 Å². The van der Waals surface area contributed by atoms with Crippen LogP contribution in [0.15, 0.2) is 59.3 Å². The molecule has 154 valence electrons. The highest BCUT2D eigenvalue weighted by atomic mass is 35.5. The number of rotatable bonds is 6. The molecule has 2 aromatic carbocycles. The van der Waals surface area contributed by atoms with Crippen LogP contribution in [0.1, 0.15) is 18.1 Å². The molecule has 2 aliphatic heterocycles. The average molecular weight is 462 g/mol. The number of aliphatic hydroxyl groups is 1. The standard InChI is InChI=1S/C21H16ClNO5S2/c1-10(24)15-18(25)23-16(20(26)27)21(30-19(15)23)28-14-8-4-12(5-9-14)17(29)11-2-6-13(22)7-3-11/h2-10,15,19,24H,1H3,(H,26,27)/t10-,15+,19-/m1/s1. The molecule has 0 bridgehead atoms. The fourth-order valence-corrected chi connectivity index (χ4v) is 5.23. The van der Waals surface area contributed by atoms with E-state index >= 15 is 0 Å². The van der Waals surface area contributed by atoms with E-state index in [0.717, 1.165) is 22.9 Å². The number of thioether (sulfide) groups is 1. The van der Waals surface area contributed by atoms with E-state index in [4.69, 9.17) is 28.6 Å². The van der Waals surface area contributed by atoms with Gasteiger partial charge in [0.15, 0.2) is 10.8 Å². The van der Waals surface area contributed by atoms with Crippen molar-refractivity contribution in [3.8, 4) is 5.75 Å². The molecule has 1 fully saturated rings. The normalized spacial score (nSPS) is 21.2. The largest absolute Gasteiger partial charge is 0.476 e. The second-order valence-corrected chi connectivity index (χ2v) is 8.82. The number of benzene rings is 2. The van der Waals surface area contributed by atoms with Gasteiger partial charge in [0.2, 0.25) is 5.91 Å². The van der Waals surface area contributed by atoms with E-state index in [1.165, 1.54) is 11.8 Å². The lowest BCUT2D eigenvalue weighted by Gasteiger charge is -2.43. The number of nitrogens with zero attached hydrogens (tertiary/aromatic N) is 1. The number of carboxylic acids is 1. The number of hydrogen-bond donors (Lipinski definition) is 2. The first-order chi connectivity index (χ1) is 14.3. The fraction of sp³-hybridized carbons (Fsp3) is 0.190. The Hall–Kier alpha value is -2.39. The number of β-lactam (4-membered cyclic amide) rings is 1. The molecule has 2 aliphatic rings. The third-order valence-corrected chi connectivity index (χ3v) is 6.86. The Morgan fingerprint density at radius 3 is 2.27 bits per heavy atom. The molecule has 2 aromatic rings. The SMILES string of the molecule is C[C@@H](O)[C@H]1C(=O)N2C(C(=O)O)=C(Oc3ccc(C(=S)c4ccc(Cl)cc4)cc3)S[C@H]12. The number of aliphatic hydroxyl groups excluding tert-OH is 1. The molecule has 2 N–H and O–H groups in total. The summed E-state index contributed by atoms with van der Waals surface area (Å²) in [6.45, 7) is 1.52. The van der Waals surface area contributed by atoms with Gasteiger partial charge in [0.1, 0.15) is 11.1 Å². The molecular weight excluding hydrogens is 446 g/mol. The smallest absolute Gasteiger partial charge is 0.357 e. The number of thiocarbonyl (C=S) groups is 1. The summed E-state index contributed by atoms with van der Waals surface area (Å²) in [5.74, 6) is -1.90. The Bertz CT molecular complexity index is 1070. The first-order valence-electron chi connectivity index (χ1n) is 9.01. The zero-order valence-corrected chi connectivity index (χ0v) is 18.0. The minimum Gasteiger partial charge on any atom is -0.476 e. The van der Waals surface area contributed by atoms with Gasteiger partial charge in [-0.15, -0.1) is 0 Å². The van der Waals surface area contributed by atoms with Crippen LogP contribution in [0.25, 0.3) is 0 Å². The molecule has 0 unspecified atom stereocenters. The van der Waals surface area contributed by atoms with Crippen molar-refractivity contribution >= 4 is 52.3 Å². The Balaban J connectivity index is 1.53. The topological polar surface area (TPSA) is 87.1 Å². The molecule has 30 heavy (non-hydrogen) atoms. The van der Waals surface area contributed by atoms with Gasteiger partial charge in [-0.25, -0.2) is 4.79 Å². The third-order valence-electron chi connectivity index (χ3n) is 4.90. The van der Waals surface area contributed by atoms with Crippen LogP contribution in [0.2, 0.25) is 5.02 Å². The van der Waals surface area contributed by atoms with Crippen molar-refractivity contribution in [3.05, 3.63) is 75.5 Å². The summed E-state index contributed by atoms with van der Waals surface area (Å²) in [7, 11) is 0. The molecule has 0 aliphatic carbocycles. The molecule has 2 heterocycles. The number of ether oxygens (including phenoxy) is 1. The van der Waals surface area contributed by atoms with E-state index in [1.54, 1.807) is 36.4 Å². The van der Waals surface area contributed by atoms with Gasteiger partial charge in [0.25, 0.3) is 0 Å². The zero-order chi connectivity index (χ0) is 21.6. The molecule has 3 atom stereocenters. The summed E-state index contributed by atoms with van der Waals surface area (Å²) >= 11 is 12.6. The van der Waals surface area contributed by atoms with Crippen molar-refractivity contribution in [1.29, 1.82) is 0 Å². The van der Waals surface area contributed by atoms with Crippen LogP contribution in [0.5, 0.6) is 5.75 Å². The molecule has 0 radical (unpaired) electrons. The summed E-state index contributed by atoms with van der Waals surface area (Å²) in [5.41, 5.74) is 1.46. The number of fused-ring (bicyclic) bond motifs is 1. The lowest BCUT2D eigenvalue weighted by atomic mass is 9.92. The maximum Gasteiger partial charge on any atom is 0.357 e. The van der Waals surface area contributed by atoms with E-state index in [0.29, 0.717) is 15.6 Å². The van der Waals surface area contributed by atoms with Crippen LogP contribution >= 0.6 is 35.6 Å². The van der Waals surface area contributed by atoms with Crippen molar-refractivity contribution in [2.75, 3.05) is 0 Å². The van der Waals surface area contributed by atoms with Crippen molar-refractivity contribution in [3.63, 3.8) is 0 Å². The van der Waals surface area contributed by atoms with Gasteiger partial charge in [-0.1, -0.05) is 47.7 Å². The number of amides is 1. The van der Waals surface area contributed by atoms with Crippen molar-refractivity contribution in [2.24, 2.45) is 5.92 Å². The van der Waals surface area contributed by atoms with Gasteiger partial charge < -0.3 is 14.9 Å². The summed E-state index contributed by atoms with van der Waals surface area (Å²) in [6, 6.07) is 14.2. The second-order valence-electron chi connectivity index (χ2n) is 6.89. The number of carbonyl (C=O) groups is 2. The predicted molar refractivity (Wildman–Crippen MR) is 117 cm³/mol. The van der Waals surface area contributed by atoms with Gasteiger partial charge in [-0.05, 0) is 54.4 Å². The van der Waals surface area contributed by atoms with Crippen LogP contribution in [0.3, 0.4) is 0 Å². The van der Waals surface area contributed by atoms with Gasteiger partial charge >= 0.3 is 5.97 Å². The molecule has 1 saturated heterocycles. The fourth-order valence-electron chi connectivity index (χ4n) is 3.37. The minimum absolute atomic E-state index is 0.122. The van der Waals surface area contributed by atoms with E-state index in [-0.39, 0.29) is 10.8 Å². The first kappa shape index (κ1) is 20.9. The summed E-state index contributed by atoms with van der Waals surface area (Å²) < 4.78 is 5.79. The number of hydrogen-bond acceptors (Lipinski definition) is 6. The number of aliphatic carboxylic acids is 1. The third kappa shape index (κ3) is 3.60. The number of halogens is 1. The van der Waals surface area contributed by atoms with Crippen LogP contribution in [-0.4, -0.2) is 43.3 Å². The highest BCUT2D eigenvalue weighted by molar-refractivity contribution is 8.03. The van der Waals surface area contributed by atoms with Crippen molar-refractivity contribution in [2.45, 2.75) is 18.4 Å². The average Bonchev–Trinajstić information content (AvgIpc) is 3.02. The molecule has 0 aromatic heterocycles. The highest BCUT2D eigenvalue weighted by Gasteiger charge is 2.58. The molecule has 6 nitrogen and oxygen atoms in total. The van der Waals surface area contributed by atoms with Crippen LogP contribution in [0.4, 0.5) is 0 Å². The van der Waals surface area contributed by atoms with Crippen molar-refractivity contribution < 1.29 is 24.5 Å². The van der Waals surface area contributed by atoms with E-state index in [9.17, 15) is 19.8 Å². The number of carboxylic acid groups (broad SMARTS) is 1. The monoisotopic (exact) mass is 461 g/mol. The zero-order valence-electron chi connectivity index (χ0n) is 15.6. The minimum atomic E-state index is -1.25.